The van der Waals surface area contributed by atoms with E-state index in [-0.39, 0.29) is 23.8 Å². The van der Waals surface area contributed by atoms with Gasteiger partial charge in [0.2, 0.25) is 5.91 Å². The molecular weight excluding hydrogens is 302 g/mol. The van der Waals surface area contributed by atoms with E-state index >= 15 is 0 Å². The van der Waals surface area contributed by atoms with Crippen LogP contribution in [0.5, 0.6) is 0 Å². The van der Waals surface area contributed by atoms with Gasteiger partial charge in [0.15, 0.2) is 0 Å². The normalized spacial score (nSPS) is 24.2. The van der Waals surface area contributed by atoms with Crippen molar-refractivity contribution in [2.45, 2.75) is 53.0 Å². The molecular formula is C19H29N3O2. The van der Waals surface area contributed by atoms with E-state index in [9.17, 15) is 9.59 Å². The molecule has 0 unspecified atom stereocenters. The van der Waals surface area contributed by atoms with Crippen molar-refractivity contribution in [2.75, 3.05) is 19.6 Å². The van der Waals surface area contributed by atoms with Crippen LogP contribution < -0.4 is 0 Å². The summed E-state index contributed by atoms with van der Waals surface area (Å²) < 4.78 is 0. The summed E-state index contributed by atoms with van der Waals surface area (Å²) in [6.45, 7) is 10.3. The molecule has 24 heavy (non-hydrogen) atoms. The molecule has 3 rings (SSSR count). The minimum Gasteiger partial charge on any atom is -0.354 e. The largest absolute Gasteiger partial charge is 0.354 e. The number of nitrogens with one attached hydrogen (secondary N) is 1. The van der Waals surface area contributed by atoms with Crippen molar-refractivity contribution in [3.63, 3.8) is 0 Å². The molecule has 0 radical (unpaired) electrons. The van der Waals surface area contributed by atoms with Crippen molar-refractivity contribution in [3.05, 3.63) is 23.0 Å². The Labute approximate surface area is 144 Å². The summed E-state index contributed by atoms with van der Waals surface area (Å²) in [6.07, 6.45) is 3.03. The Morgan fingerprint density at radius 1 is 1.21 bits per heavy atom. The number of carbonyl (C=O) groups is 2. The van der Waals surface area contributed by atoms with Crippen LogP contribution in [0.4, 0.5) is 0 Å². The van der Waals surface area contributed by atoms with Crippen LogP contribution in [0.2, 0.25) is 0 Å². The van der Waals surface area contributed by atoms with Crippen LogP contribution in [-0.2, 0) is 4.79 Å². The molecule has 0 saturated carbocycles. The minimum absolute atomic E-state index is 0.0485. The van der Waals surface area contributed by atoms with Gasteiger partial charge in [-0.05, 0) is 50.7 Å². The minimum atomic E-state index is 0.0485. The Bertz CT molecular complexity index is 635. The molecule has 0 spiro atoms. The molecule has 1 aromatic heterocycles. The molecule has 0 aromatic carbocycles. The average molecular weight is 331 g/mol. The molecule has 2 saturated heterocycles. The van der Waals surface area contributed by atoms with Crippen molar-refractivity contribution in [1.82, 2.24) is 14.8 Å². The highest BCUT2D eigenvalue weighted by Gasteiger charge is 2.40. The second-order valence-corrected chi connectivity index (χ2v) is 7.71. The van der Waals surface area contributed by atoms with Crippen LogP contribution in [0.1, 0.15) is 54.9 Å². The van der Waals surface area contributed by atoms with Crippen molar-refractivity contribution < 1.29 is 9.59 Å². The number of amides is 2. The maximum atomic E-state index is 13.0. The smallest absolute Gasteiger partial charge is 0.270 e. The summed E-state index contributed by atoms with van der Waals surface area (Å²) in [7, 11) is 0. The summed E-state index contributed by atoms with van der Waals surface area (Å²) in [4.78, 5) is 32.6. The zero-order chi connectivity index (χ0) is 17.4. The van der Waals surface area contributed by atoms with Gasteiger partial charge in [0, 0.05) is 37.3 Å². The second-order valence-electron chi connectivity index (χ2n) is 7.71. The Balaban J connectivity index is 1.75. The number of carbonyl (C=O) groups excluding carboxylic acids is 2. The first-order chi connectivity index (χ1) is 11.4. The molecule has 2 amide bonds. The highest BCUT2D eigenvalue weighted by Crippen LogP contribution is 2.32. The Morgan fingerprint density at radius 2 is 1.96 bits per heavy atom. The number of nitrogens with zero attached hydrogens (tertiary/aromatic N) is 2. The first-order valence-corrected chi connectivity index (χ1v) is 9.14. The van der Waals surface area contributed by atoms with E-state index < -0.39 is 0 Å². The van der Waals surface area contributed by atoms with Crippen molar-refractivity contribution in [1.29, 1.82) is 0 Å². The predicted octanol–water partition coefficient (Wildman–Crippen LogP) is 2.74. The number of piperidine rings is 2. The summed E-state index contributed by atoms with van der Waals surface area (Å²) in [5.74, 6) is 0.828. The number of fused-ring (bicyclic) bond motifs is 1. The topological polar surface area (TPSA) is 56.4 Å². The van der Waals surface area contributed by atoms with Crippen molar-refractivity contribution in [2.24, 2.45) is 11.8 Å². The zero-order valence-corrected chi connectivity index (χ0v) is 15.3. The Kier molecular flexibility index (Phi) is 4.70. The SMILES string of the molecule is Cc1cc(C)c(C(=O)N2CCC[C@@H]3CN(C(=O)C(C)C)CC[C@H]32)[nH]1. The molecule has 2 fully saturated rings. The first-order valence-electron chi connectivity index (χ1n) is 9.14. The van der Waals surface area contributed by atoms with Crippen LogP contribution in [-0.4, -0.2) is 52.3 Å². The van der Waals surface area contributed by atoms with Gasteiger partial charge >= 0.3 is 0 Å². The lowest BCUT2D eigenvalue weighted by Gasteiger charge is -2.47. The number of aromatic amines is 1. The van der Waals surface area contributed by atoms with Gasteiger partial charge in [0.05, 0.1) is 0 Å². The number of aryl methyl sites for hydroxylation is 2. The van der Waals surface area contributed by atoms with E-state index in [0.29, 0.717) is 5.92 Å². The maximum absolute atomic E-state index is 13.0. The fourth-order valence-electron chi connectivity index (χ4n) is 4.32. The number of hydrogen-bond donors (Lipinski definition) is 1. The van der Waals surface area contributed by atoms with Gasteiger partial charge in [0.25, 0.3) is 5.91 Å². The Hall–Kier alpha value is -1.78. The van der Waals surface area contributed by atoms with Gasteiger partial charge in [-0.25, -0.2) is 0 Å². The molecule has 1 aromatic rings. The van der Waals surface area contributed by atoms with Gasteiger partial charge in [-0.3, -0.25) is 9.59 Å². The lowest BCUT2D eigenvalue weighted by Crippen LogP contribution is -2.57. The lowest BCUT2D eigenvalue weighted by atomic mass is 9.83. The van der Waals surface area contributed by atoms with E-state index in [2.05, 4.69) is 9.88 Å². The van der Waals surface area contributed by atoms with Crippen LogP contribution in [0.25, 0.3) is 0 Å². The zero-order valence-electron chi connectivity index (χ0n) is 15.3. The molecule has 5 nitrogen and oxygen atoms in total. The average Bonchev–Trinajstić information content (AvgIpc) is 2.90. The molecule has 2 atom stereocenters. The van der Waals surface area contributed by atoms with Gasteiger partial charge in [-0.15, -0.1) is 0 Å². The monoisotopic (exact) mass is 331 g/mol. The number of aromatic nitrogens is 1. The van der Waals surface area contributed by atoms with E-state index in [1.807, 2.05) is 38.7 Å². The van der Waals surface area contributed by atoms with E-state index in [1.54, 1.807) is 0 Å². The molecule has 2 aliphatic rings. The van der Waals surface area contributed by atoms with E-state index in [4.69, 9.17) is 0 Å². The molecule has 3 heterocycles. The number of rotatable bonds is 2. The summed E-state index contributed by atoms with van der Waals surface area (Å²) in [5.41, 5.74) is 2.78. The molecule has 1 N–H and O–H groups in total. The third-order valence-corrected chi connectivity index (χ3v) is 5.50. The van der Waals surface area contributed by atoms with Crippen LogP contribution >= 0.6 is 0 Å². The van der Waals surface area contributed by atoms with E-state index in [1.165, 1.54) is 0 Å². The quantitative estimate of drug-likeness (QED) is 0.906. The summed E-state index contributed by atoms with van der Waals surface area (Å²) in [5, 5.41) is 0. The van der Waals surface area contributed by atoms with Gasteiger partial charge in [-0.2, -0.15) is 0 Å². The molecule has 0 bridgehead atoms. The van der Waals surface area contributed by atoms with Crippen LogP contribution in [0.15, 0.2) is 6.07 Å². The fourth-order valence-corrected chi connectivity index (χ4v) is 4.32. The highest BCUT2D eigenvalue weighted by molar-refractivity contribution is 5.94. The van der Waals surface area contributed by atoms with Crippen LogP contribution in [0.3, 0.4) is 0 Å². The standard InChI is InChI=1S/C19H29N3O2/c1-12(2)18(23)21-9-7-16-15(11-21)6-5-8-22(16)19(24)17-13(3)10-14(4)20-17/h10,12,15-16,20H,5-9,11H2,1-4H3/t15-,16-/m1/s1. The highest BCUT2D eigenvalue weighted by atomic mass is 16.2. The van der Waals surface area contributed by atoms with Gasteiger partial charge in [-0.1, -0.05) is 13.8 Å². The number of likely N-dealkylation sites (tertiary alicyclic amines) is 2. The maximum Gasteiger partial charge on any atom is 0.270 e. The molecule has 132 valence electrons. The molecule has 0 aliphatic carbocycles. The third-order valence-electron chi connectivity index (χ3n) is 5.50. The van der Waals surface area contributed by atoms with Gasteiger partial charge in [0.1, 0.15) is 5.69 Å². The number of H-pyrrole nitrogens is 1. The second kappa shape index (κ2) is 6.61. The molecule has 2 aliphatic heterocycles. The Morgan fingerprint density at radius 3 is 2.58 bits per heavy atom. The summed E-state index contributed by atoms with van der Waals surface area (Å²) in [6, 6.07) is 2.30. The number of hydrogen-bond acceptors (Lipinski definition) is 2. The summed E-state index contributed by atoms with van der Waals surface area (Å²) >= 11 is 0. The van der Waals surface area contributed by atoms with Crippen LogP contribution in [0, 0.1) is 25.7 Å². The van der Waals surface area contributed by atoms with Crippen molar-refractivity contribution in [3.8, 4) is 0 Å². The lowest BCUT2D eigenvalue weighted by molar-refractivity contribution is -0.137. The molecule has 5 heteroatoms. The van der Waals surface area contributed by atoms with E-state index in [0.717, 1.165) is 55.8 Å². The third kappa shape index (κ3) is 3.08. The van der Waals surface area contributed by atoms with Crippen molar-refractivity contribution >= 4 is 11.8 Å². The predicted molar refractivity (Wildman–Crippen MR) is 93.9 cm³/mol. The fraction of sp³-hybridized carbons (Fsp3) is 0.684. The van der Waals surface area contributed by atoms with Gasteiger partial charge < -0.3 is 14.8 Å². The first kappa shape index (κ1) is 17.1.